The molecule has 5 nitrogen and oxygen atoms in total. The molecule has 24 rings (SSSR count). The van der Waals surface area contributed by atoms with E-state index in [1.54, 1.807) is 7.11 Å². The average Bonchev–Trinajstić information content (AvgIpc) is 1.56. The van der Waals surface area contributed by atoms with E-state index in [0.29, 0.717) is 0 Å². The zero-order valence-electron chi connectivity index (χ0n) is 75.2. The summed E-state index contributed by atoms with van der Waals surface area (Å²) in [5.74, 6) is 2.63. The Hall–Kier alpha value is -14.5. The molecule has 0 atom stereocenters. The fourth-order valence-electron chi connectivity index (χ4n) is 19.1. The number of benzene rings is 21. The van der Waals surface area contributed by atoms with Gasteiger partial charge < -0.3 is 23.0 Å². The van der Waals surface area contributed by atoms with Gasteiger partial charge in [0.25, 0.3) is 0 Å². The van der Waals surface area contributed by atoms with Crippen molar-refractivity contribution in [3.63, 3.8) is 0 Å². The largest absolute Gasteiger partial charge is 0.496 e. The monoisotopic (exact) mass is 1870 g/mol. The van der Waals surface area contributed by atoms with Crippen LogP contribution in [0.1, 0.15) is 0 Å². The second kappa shape index (κ2) is 40.9. The van der Waals surface area contributed by atoms with E-state index >= 15 is 0 Å². The first-order valence-electron chi connectivity index (χ1n) is 46.1. The number of para-hydroxylation sites is 2. The van der Waals surface area contributed by atoms with Crippen LogP contribution in [0, 0.1) is 0 Å². The number of rotatable bonds is 21. The molecule has 656 valence electrons. The van der Waals surface area contributed by atoms with Crippen molar-refractivity contribution in [2.24, 2.45) is 0 Å². The normalized spacial score (nSPS) is 11.7. The van der Waals surface area contributed by atoms with Crippen LogP contribution in [0.25, 0.3) is 88.0 Å². The van der Waals surface area contributed by atoms with Crippen LogP contribution in [-0.4, -0.2) is 13.9 Å². The Balaban J connectivity index is 0.000000120. The fraction of sp³-hybridized carbons (Fsp3) is 0.0159. The van der Waals surface area contributed by atoms with Crippen molar-refractivity contribution in [2.45, 2.75) is 0 Å². The average molecular weight is 1870 g/mol. The standard InChI is InChI=1S/C48H32O2P2.C41H32OP2.C37H28O2P2/c1-5-17-33(18-6-1)51(34-19-7-2-8-20-34)43-31-29-41-45(37-25-13-15-27-39(37)49-41)47(43)48-44(32-30-42-46(48)38-26-14-16-28-40(38)50-42)52(35-21-9-3-10-22-35)36-23-11-4-12-24-36;1-42-37-27-16-28-38(43(32-18-6-2-7-19-32)33-20-8-3-9-21-33)41(37)40-36-26-15-14-17-31(36)29-30-39(40)44(34-22-10-4-11-23-34)35-24-12-5-13-25-35;1-5-15-28(16-6-1)40(29-17-7-2-8-18-29)34-25-13-23-32-36(34)37-33(39-27-38-32)24-14-26-35(37)41(30-19-9-3-10-20-30)31-21-11-4-12-22-31/h1-32H;2-30H,1H3;1-26H,27H2. The molecule has 0 bridgehead atoms. The predicted molar refractivity (Wildman–Crippen MR) is 593 cm³/mol. The molecule has 1 aliphatic rings. The van der Waals surface area contributed by atoms with Gasteiger partial charge in [-0.1, -0.05) is 473 Å². The summed E-state index contributed by atoms with van der Waals surface area (Å²) in [5, 5.41) is 30.5. The third-order valence-electron chi connectivity index (χ3n) is 25.0. The molecule has 137 heavy (non-hydrogen) atoms. The molecule has 11 heteroatoms. The lowest BCUT2D eigenvalue weighted by Gasteiger charge is -2.28. The third kappa shape index (κ3) is 17.9. The molecule has 0 unspecified atom stereocenters. The van der Waals surface area contributed by atoms with Crippen molar-refractivity contribution in [1.82, 2.24) is 0 Å². The summed E-state index contributed by atoms with van der Waals surface area (Å²) in [6.45, 7) is 0.177. The molecule has 3 heterocycles. The summed E-state index contributed by atoms with van der Waals surface area (Å²) in [6.07, 6.45) is 0. The van der Waals surface area contributed by atoms with Crippen LogP contribution in [0.5, 0.6) is 17.2 Å². The van der Waals surface area contributed by atoms with Crippen LogP contribution in [0.2, 0.25) is 0 Å². The maximum Gasteiger partial charge on any atom is 0.230 e. The molecule has 23 aromatic rings. The maximum atomic E-state index is 6.70. The van der Waals surface area contributed by atoms with Crippen LogP contribution in [-0.2, 0) is 0 Å². The molecule has 0 fully saturated rings. The van der Waals surface area contributed by atoms with E-state index in [2.05, 4.69) is 528 Å². The summed E-state index contributed by atoms with van der Waals surface area (Å²) in [4.78, 5) is 0. The molecule has 0 N–H and O–H groups in total. The van der Waals surface area contributed by atoms with Gasteiger partial charge in [-0.2, -0.15) is 0 Å². The Bertz CT molecular complexity index is 7530. The molecular weight excluding hydrogens is 1780 g/mol. The lowest BCUT2D eigenvalue weighted by Crippen LogP contribution is -2.26. The molecule has 0 radical (unpaired) electrons. The summed E-state index contributed by atoms with van der Waals surface area (Å²) in [5.41, 5.74) is 10.7. The van der Waals surface area contributed by atoms with Crippen LogP contribution in [0.15, 0.2) is 537 Å². The minimum Gasteiger partial charge on any atom is -0.496 e. The zero-order chi connectivity index (χ0) is 91.6. The number of methoxy groups -OCH3 is 1. The van der Waals surface area contributed by atoms with Crippen molar-refractivity contribution in [3.8, 4) is 50.6 Å². The fourth-order valence-corrected chi connectivity index (χ4v) is 34.0. The Kier molecular flexibility index (Phi) is 26.2. The zero-order valence-corrected chi connectivity index (χ0v) is 80.5. The third-order valence-corrected chi connectivity index (χ3v) is 39.9. The van der Waals surface area contributed by atoms with E-state index in [9.17, 15) is 0 Å². The van der Waals surface area contributed by atoms with Gasteiger partial charge in [-0.15, -0.1) is 0 Å². The molecule has 21 aromatic carbocycles. The van der Waals surface area contributed by atoms with Crippen molar-refractivity contribution in [1.29, 1.82) is 0 Å². The van der Waals surface area contributed by atoms with E-state index in [0.717, 1.165) is 72.3 Å². The summed E-state index contributed by atoms with van der Waals surface area (Å²) in [7, 11) is -3.66. The van der Waals surface area contributed by atoms with Gasteiger partial charge in [-0.3, -0.25) is 0 Å². The molecule has 1 aliphatic heterocycles. The first-order valence-corrected chi connectivity index (χ1v) is 54.1. The summed E-state index contributed by atoms with van der Waals surface area (Å²) < 4.78 is 32.3. The van der Waals surface area contributed by atoms with Gasteiger partial charge >= 0.3 is 0 Å². The van der Waals surface area contributed by atoms with Crippen molar-refractivity contribution >= 4 is 198 Å². The highest BCUT2D eigenvalue weighted by molar-refractivity contribution is 7.82. The van der Waals surface area contributed by atoms with E-state index in [4.69, 9.17) is 23.0 Å². The number of hydrogen-bond donors (Lipinski definition) is 0. The second-order valence-electron chi connectivity index (χ2n) is 33.1. The Morgan fingerprint density at radius 3 is 0.701 bits per heavy atom. The van der Waals surface area contributed by atoms with Gasteiger partial charge in [0.2, 0.25) is 6.79 Å². The van der Waals surface area contributed by atoms with Crippen LogP contribution < -0.4 is 110 Å². The van der Waals surface area contributed by atoms with Crippen molar-refractivity contribution in [2.75, 3.05) is 13.9 Å². The summed E-state index contributed by atoms with van der Waals surface area (Å²) >= 11 is 0. The highest BCUT2D eigenvalue weighted by Crippen LogP contribution is 2.53. The predicted octanol–water partition coefficient (Wildman–Crippen LogP) is 25.3. The number of ether oxygens (including phenoxy) is 3. The molecule has 0 spiro atoms. The van der Waals surface area contributed by atoms with Gasteiger partial charge in [0.1, 0.15) is 39.6 Å². The van der Waals surface area contributed by atoms with Gasteiger partial charge in [0, 0.05) is 54.9 Å². The first kappa shape index (κ1) is 87.8. The molecule has 0 saturated carbocycles. The molecule has 0 saturated heterocycles. The number of hydrogen-bond acceptors (Lipinski definition) is 5. The lowest BCUT2D eigenvalue weighted by molar-refractivity contribution is 0.125. The highest BCUT2D eigenvalue weighted by atomic mass is 31.1. The molecule has 2 aromatic heterocycles. The van der Waals surface area contributed by atoms with Crippen LogP contribution in [0.4, 0.5) is 0 Å². The smallest absolute Gasteiger partial charge is 0.230 e. The Labute approximate surface area is 806 Å². The lowest BCUT2D eigenvalue weighted by atomic mass is 9.95. The SMILES string of the molecule is COc1cccc(P(c2ccccc2)c2ccccc2)c1-c1c(P(c2ccccc2)c2ccccc2)ccc2ccccc12.c1ccc(P(c2ccccc2)c2ccc3oc4ccccc4c3c2-c2c(P(c3ccccc3)c3ccccc3)ccc3oc4ccccc4c23)cc1.c1ccc(P(c2ccccc2)c2cccc3c2-c2c(cccc2P(c2ccccc2)c2ccccc2)OCO3)cc1. The number of furan rings is 2. The quantitative estimate of drug-likeness (QED) is 0.0671. The van der Waals surface area contributed by atoms with E-state index in [1.165, 1.54) is 129 Å². The van der Waals surface area contributed by atoms with Crippen molar-refractivity contribution in [3.05, 3.63) is 528 Å². The number of fused-ring (bicyclic) bond motifs is 10. The van der Waals surface area contributed by atoms with Crippen molar-refractivity contribution < 1.29 is 23.0 Å². The molecule has 0 aliphatic carbocycles. The Morgan fingerprint density at radius 1 is 0.175 bits per heavy atom. The molecular formula is C126H92O5P6. The minimum atomic E-state index is -0.989. The highest BCUT2D eigenvalue weighted by Gasteiger charge is 2.36. The topological polar surface area (TPSA) is 54.0 Å². The minimum absolute atomic E-state index is 0.177. The first-order chi connectivity index (χ1) is 68.0. The van der Waals surface area contributed by atoms with E-state index in [1.807, 2.05) is 0 Å². The molecule has 0 amide bonds. The van der Waals surface area contributed by atoms with E-state index in [-0.39, 0.29) is 6.79 Å². The summed E-state index contributed by atoms with van der Waals surface area (Å²) in [6, 6.07) is 190. The van der Waals surface area contributed by atoms with Crippen LogP contribution >= 0.6 is 47.5 Å². The maximum absolute atomic E-state index is 6.70. The van der Waals surface area contributed by atoms with Crippen LogP contribution in [0.3, 0.4) is 0 Å². The van der Waals surface area contributed by atoms with E-state index < -0.39 is 47.5 Å². The van der Waals surface area contributed by atoms with Gasteiger partial charge in [-0.05, 0) is 208 Å². The van der Waals surface area contributed by atoms with Gasteiger partial charge in [-0.25, -0.2) is 0 Å². The van der Waals surface area contributed by atoms with Gasteiger partial charge in [0.15, 0.2) is 0 Å². The van der Waals surface area contributed by atoms with Gasteiger partial charge in [0.05, 0.1) is 7.11 Å². The Morgan fingerprint density at radius 2 is 0.409 bits per heavy atom. The second-order valence-corrected chi connectivity index (χ2v) is 46.3.